The molecule has 1 atom stereocenters. The SMILES string of the molecule is COCC(O)CNC(=O)c1c(O)cccc1F. The zero-order valence-electron chi connectivity index (χ0n) is 9.31. The first-order valence-corrected chi connectivity index (χ1v) is 4.99. The van der Waals surface area contributed by atoms with E-state index >= 15 is 0 Å². The number of hydrogen-bond donors (Lipinski definition) is 3. The number of halogens is 1. The van der Waals surface area contributed by atoms with E-state index in [1.54, 1.807) is 0 Å². The summed E-state index contributed by atoms with van der Waals surface area (Å²) in [7, 11) is 1.41. The number of methoxy groups -OCH3 is 1. The molecule has 0 saturated carbocycles. The van der Waals surface area contributed by atoms with Gasteiger partial charge < -0.3 is 20.3 Å². The van der Waals surface area contributed by atoms with Crippen LogP contribution in [0.15, 0.2) is 18.2 Å². The van der Waals surface area contributed by atoms with Crippen molar-refractivity contribution in [3.8, 4) is 5.75 Å². The summed E-state index contributed by atoms with van der Waals surface area (Å²) >= 11 is 0. The van der Waals surface area contributed by atoms with Gasteiger partial charge in [0.15, 0.2) is 0 Å². The molecule has 5 nitrogen and oxygen atoms in total. The first-order chi connectivity index (χ1) is 8.06. The number of phenols is 1. The van der Waals surface area contributed by atoms with Crippen molar-refractivity contribution < 1.29 is 24.1 Å². The molecule has 0 aliphatic rings. The predicted octanol–water partition coefficient (Wildman–Crippen LogP) is 0.268. The zero-order valence-corrected chi connectivity index (χ0v) is 9.31. The third-order valence-corrected chi connectivity index (χ3v) is 2.08. The average molecular weight is 243 g/mol. The van der Waals surface area contributed by atoms with Crippen LogP contribution in [0.1, 0.15) is 10.4 Å². The van der Waals surface area contributed by atoms with Crippen molar-refractivity contribution in [3.05, 3.63) is 29.6 Å². The number of ether oxygens (including phenoxy) is 1. The normalized spacial score (nSPS) is 12.2. The number of hydrogen-bond acceptors (Lipinski definition) is 4. The molecule has 1 aromatic rings. The summed E-state index contributed by atoms with van der Waals surface area (Å²) in [6.07, 6.45) is -0.877. The van der Waals surface area contributed by atoms with Crippen LogP contribution in [-0.4, -0.2) is 42.5 Å². The highest BCUT2D eigenvalue weighted by molar-refractivity contribution is 5.97. The van der Waals surface area contributed by atoms with Crippen LogP contribution >= 0.6 is 0 Å². The Morgan fingerprint density at radius 1 is 1.59 bits per heavy atom. The second-order valence-corrected chi connectivity index (χ2v) is 3.45. The molecule has 94 valence electrons. The maximum absolute atomic E-state index is 13.3. The highest BCUT2D eigenvalue weighted by Gasteiger charge is 2.17. The molecule has 0 radical (unpaired) electrons. The van der Waals surface area contributed by atoms with Gasteiger partial charge in [0, 0.05) is 13.7 Å². The third kappa shape index (κ3) is 3.69. The Kier molecular flexibility index (Phi) is 4.86. The minimum absolute atomic E-state index is 0.0591. The van der Waals surface area contributed by atoms with Crippen molar-refractivity contribution in [1.29, 1.82) is 0 Å². The number of nitrogens with one attached hydrogen (secondary N) is 1. The zero-order chi connectivity index (χ0) is 12.8. The van der Waals surface area contributed by atoms with Crippen LogP contribution in [0.4, 0.5) is 4.39 Å². The molecule has 0 saturated heterocycles. The Hall–Kier alpha value is -1.66. The standard InChI is InChI=1S/C11H14FNO4/c1-17-6-7(14)5-13-11(16)10-8(12)3-2-4-9(10)15/h2-4,7,14-15H,5-6H2,1H3,(H,13,16). The average Bonchev–Trinajstić information content (AvgIpc) is 2.26. The van der Waals surface area contributed by atoms with Gasteiger partial charge in [-0.25, -0.2) is 4.39 Å². The van der Waals surface area contributed by atoms with Crippen molar-refractivity contribution in [1.82, 2.24) is 5.32 Å². The number of amides is 1. The van der Waals surface area contributed by atoms with Crippen molar-refractivity contribution in [2.24, 2.45) is 0 Å². The topological polar surface area (TPSA) is 78.8 Å². The Balaban J connectivity index is 2.64. The predicted molar refractivity (Wildman–Crippen MR) is 58.3 cm³/mol. The van der Waals surface area contributed by atoms with Gasteiger partial charge in [0.1, 0.15) is 17.1 Å². The maximum Gasteiger partial charge on any atom is 0.258 e. The monoisotopic (exact) mass is 243 g/mol. The quantitative estimate of drug-likeness (QED) is 0.693. The fourth-order valence-electron chi connectivity index (χ4n) is 1.29. The summed E-state index contributed by atoms with van der Waals surface area (Å²) in [6.45, 7) is -0.0238. The number of rotatable bonds is 5. The van der Waals surface area contributed by atoms with Crippen molar-refractivity contribution in [2.75, 3.05) is 20.3 Å². The minimum Gasteiger partial charge on any atom is -0.507 e. The van der Waals surface area contributed by atoms with E-state index in [9.17, 15) is 19.4 Å². The molecule has 1 amide bonds. The van der Waals surface area contributed by atoms with Gasteiger partial charge in [-0.3, -0.25) is 4.79 Å². The number of carbonyl (C=O) groups excluding carboxylic acids is 1. The van der Waals surface area contributed by atoms with E-state index in [-0.39, 0.29) is 13.2 Å². The molecule has 1 unspecified atom stereocenters. The van der Waals surface area contributed by atoms with Crippen LogP contribution in [0.5, 0.6) is 5.75 Å². The van der Waals surface area contributed by atoms with E-state index in [4.69, 9.17) is 0 Å². The van der Waals surface area contributed by atoms with Gasteiger partial charge in [-0.1, -0.05) is 6.07 Å². The summed E-state index contributed by atoms with van der Waals surface area (Å²) in [6, 6.07) is 3.57. The van der Waals surface area contributed by atoms with Gasteiger partial charge >= 0.3 is 0 Å². The molecule has 17 heavy (non-hydrogen) atoms. The van der Waals surface area contributed by atoms with E-state index < -0.39 is 29.1 Å². The number of aliphatic hydroxyl groups excluding tert-OH is 1. The van der Waals surface area contributed by atoms with Gasteiger partial charge in [0.25, 0.3) is 5.91 Å². The smallest absolute Gasteiger partial charge is 0.258 e. The first-order valence-electron chi connectivity index (χ1n) is 4.99. The van der Waals surface area contributed by atoms with Gasteiger partial charge in [0.2, 0.25) is 0 Å². The number of aliphatic hydroxyl groups is 1. The van der Waals surface area contributed by atoms with Gasteiger partial charge in [-0.2, -0.15) is 0 Å². The van der Waals surface area contributed by atoms with E-state index in [0.29, 0.717) is 0 Å². The molecule has 3 N–H and O–H groups in total. The van der Waals surface area contributed by atoms with E-state index in [1.807, 2.05) is 0 Å². The lowest BCUT2D eigenvalue weighted by Gasteiger charge is -2.11. The summed E-state index contributed by atoms with van der Waals surface area (Å²) in [5.74, 6) is -2.04. The molecule has 0 spiro atoms. The fraction of sp³-hybridized carbons (Fsp3) is 0.364. The molecular formula is C11H14FNO4. The second kappa shape index (κ2) is 6.17. The molecule has 0 bridgehead atoms. The molecule has 0 fully saturated rings. The van der Waals surface area contributed by atoms with Crippen LogP contribution < -0.4 is 5.32 Å². The third-order valence-electron chi connectivity index (χ3n) is 2.08. The second-order valence-electron chi connectivity index (χ2n) is 3.45. The van der Waals surface area contributed by atoms with Gasteiger partial charge in [-0.05, 0) is 12.1 Å². The molecule has 1 aromatic carbocycles. The van der Waals surface area contributed by atoms with Crippen LogP contribution in [0.3, 0.4) is 0 Å². The van der Waals surface area contributed by atoms with Crippen molar-refractivity contribution >= 4 is 5.91 Å². The van der Waals surface area contributed by atoms with E-state index in [2.05, 4.69) is 10.1 Å². The summed E-state index contributed by atoms with van der Waals surface area (Å²) in [4.78, 5) is 11.5. The van der Waals surface area contributed by atoms with Crippen LogP contribution in [0.25, 0.3) is 0 Å². The molecule has 6 heteroatoms. The molecule has 0 aliphatic carbocycles. The maximum atomic E-state index is 13.3. The number of aromatic hydroxyl groups is 1. The lowest BCUT2D eigenvalue weighted by molar-refractivity contribution is 0.0608. The van der Waals surface area contributed by atoms with Crippen LogP contribution in [0.2, 0.25) is 0 Å². The van der Waals surface area contributed by atoms with Crippen LogP contribution in [0, 0.1) is 5.82 Å². The minimum atomic E-state index is -0.877. The van der Waals surface area contributed by atoms with E-state index in [0.717, 1.165) is 6.07 Å². The first kappa shape index (κ1) is 13.4. The summed E-state index contributed by atoms with van der Waals surface area (Å²) in [5.41, 5.74) is -0.433. The van der Waals surface area contributed by atoms with Gasteiger partial charge in [0.05, 0.1) is 12.7 Å². The Morgan fingerprint density at radius 2 is 2.29 bits per heavy atom. The Labute approximate surface area is 97.8 Å². The fourth-order valence-corrected chi connectivity index (χ4v) is 1.29. The lowest BCUT2D eigenvalue weighted by Crippen LogP contribution is -2.34. The molecule has 1 rings (SSSR count). The Morgan fingerprint density at radius 3 is 2.88 bits per heavy atom. The highest BCUT2D eigenvalue weighted by Crippen LogP contribution is 2.19. The summed E-state index contributed by atoms with van der Waals surface area (Å²) < 4.78 is 17.9. The van der Waals surface area contributed by atoms with E-state index in [1.165, 1.54) is 19.2 Å². The lowest BCUT2D eigenvalue weighted by atomic mass is 10.1. The number of phenolic OH excluding ortho intramolecular Hbond substituents is 1. The Bertz CT molecular complexity index is 377. The highest BCUT2D eigenvalue weighted by atomic mass is 19.1. The molecular weight excluding hydrogens is 229 g/mol. The largest absolute Gasteiger partial charge is 0.507 e. The van der Waals surface area contributed by atoms with Crippen molar-refractivity contribution in [2.45, 2.75) is 6.10 Å². The molecule has 0 heterocycles. The van der Waals surface area contributed by atoms with Gasteiger partial charge in [-0.15, -0.1) is 0 Å². The van der Waals surface area contributed by atoms with Crippen LogP contribution in [-0.2, 0) is 4.74 Å². The number of benzene rings is 1. The number of carbonyl (C=O) groups is 1. The molecule has 0 aliphatic heterocycles. The van der Waals surface area contributed by atoms with Crippen molar-refractivity contribution in [3.63, 3.8) is 0 Å². The molecule has 0 aromatic heterocycles. The summed E-state index contributed by atoms with van der Waals surface area (Å²) in [5, 5.41) is 20.9.